The second-order valence-corrected chi connectivity index (χ2v) is 7.36. The number of amides is 1. The summed E-state index contributed by atoms with van der Waals surface area (Å²) in [5.74, 6) is 0.824. The molecule has 6 nitrogen and oxygen atoms in total. The average molecular weight is 348 g/mol. The SMILES string of the molecule is COc1ccc(CN2CCC[C@]3(CCC(=O)N(CCO)C3)C2)cc1O. The van der Waals surface area contributed by atoms with Crippen molar-refractivity contribution in [2.45, 2.75) is 32.2 Å². The highest BCUT2D eigenvalue weighted by Gasteiger charge is 2.41. The topological polar surface area (TPSA) is 73.2 Å². The summed E-state index contributed by atoms with van der Waals surface area (Å²) in [6.45, 7) is 3.98. The Morgan fingerprint density at radius 3 is 2.84 bits per heavy atom. The fraction of sp³-hybridized carbons (Fsp3) is 0.632. The molecule has 2 N–H and O–H groups in total. The molecule has 3 rings (SSSR count). The van der Waals surface area contributed by atoms with Crippen LogP contribution >= 0.6 is 0 Å². The van der Waals surface area contributed by atoms with Gasteiger partial charge >= 0.3 is 0 Å². The van der Waals surface area contributed by atoms with E-state index in [-0.39, 0.29) is 23.7 Å². The van der Waals surface area contributed by atoms with Crippen molar-refractivity contribution in [2.24, 2.45) is 5.41 Å². The number of likely N-dealkylation sites (tertiary alicyclic amines) is 2. The van der Waals surface area contributed by atoms with Crippen molar-refractivity contribution in [3.05, 3.63) is 23.8 Å². The number of phenols is 1. The van der Waals surface area contributed by atoms with E-state index in [1.54, 1.807) is 19.2 Å². The molecule has 1 amide bonds. The summed E-state index contributed by atoms with van der Waals surface area (Å²) >= 11 is 0. The monoisotopic (exact) mass is 348 g/mol. The number of nitrogens with zero attached hydrogens (tertiary/aromatic N) is 2. The number of carbonyl (C=O) groups is 1. The van der Waals surface area contributed by atoms with Gasteiger partial charge in [-0.1, -0.05) is 6.07 Å². The largest absolute Gasteiger partial charge is 0.504 e. The molecule has 1 aromatic carbocycles. The van der Waals surface area contributed by atoms with Crippen LogP contribution in [0.3, 0.4) is 0 Å². The van der Waals surface area contributed by atoms with Crippen LogP contribution in [0.2, 0.25) is 0 Å². The van der Waals surface area contributed by atoms with Gasteiger partial charge in [-0.25, -0.2) is 0 Å². The maximum absolute atomic E-state index is 12.0. The molecule has 2 aliphatic heterocycles. The normalized spacial score (nSPS) is 24.7. The zero-order chi connectivity index (χ0) is 17.9. The lowest BCUT2D eigenvalue weighted by molar-refractivity contribution is -0.140. The molecule has 25 heavy (non-hydrogen) atoms. The van der Waals surface area contributed by atoms with Crippen molar-refractivity contribution in [1.29, 1.82) is 0 Å². The Bertz CT molecular complexity index is 621. The number of benzene rings is 1. The Hall–Kier alpha value is -1.79. The van der Waals surface area contributed by atoms with E-state index in [0.29, 0.717) is 18.7 Å². The second-order valence-electron chi connectivity index (χ2n) is 7.36. The van der Waals surface area contributed by atoms with Crippen molar-refractivity contribution in [3.8, 4) is 11.5 Å². The van der Waals surface area contributed by atoms with Crippen LogP contribution in [0.4, 0.5) is 0 Å². The van der Waals surface area contributed by atoms with Crippen molar-refractivity contribution >= 4 is 5.91 Å². The molecule has 6 heteroatoms. The Morgan fingerprint density at radius 1 is 1.28 bits per heavy atom. The molecule has 0 bridgehead atoms. The molecule has 2 fully saturated rings. The molecule has 2 heterocycles. The molecular formula is C19H28N2O4. The highest BCUT2D eigenvalue weighted by molar-refractivity contribution is 5.77. The van der Waals surface area contributed by atoms with Crippen molar-refractivity contribution in [2.75, 3.05) is 39.9 Å². The minimum Gasteiger partial charge on any atom is -0.504 e. The zero-order valence-corrected chi connectivity index (χ0v) is 14.9. The molecule has 0 aromatic heterocycles. The van der Waals surface area contributed by atoms with E-state index >= 15 is 0 Å². The lowest BCUT2D eigenvalue weighted by Gasteiger charge is -2.48. The number of methoxy groups -OCH3 is 1. The fourth-order valence-corrected chi connectivity index (χ4v) is 4.30. The molecule has 0 aliphatic carbocycles. The standard InChI is InChI=1S/C19H28N2O4/c1-25-17-4-3-15(11-16(17)23)12-20-8-2-6-19(13-20)7-5-18(24)21(14-19)9-10-22/h3-4,11,22-23H,2,5-10,12-14H2,1H3/t19-/m0/s1. The first-order valence-electron chi connectivity index (χ1n) is 9.02. The number of aromatic hydroxyl groups is 1. The predicted molar refractivity (Wildman–Crippen MR) is 94.5 cm³/mol. The third-order valence-electron chi connectivity index (χ3n) is 5.51. The molecule has 0 unspecified atom stereocenters. The number of ether oxygens (including phenoxy) is 1. The Balaban J connectivity index is 1.66. The van der Waals surface area contributed by atoms with Gasteiger partial charge in [-0.05, 0) is 43.5 Å². The molecule has 2 aliphatic rings. The van der Waals surface area contributed by atoms with E-state index in [9.17, 15) is 15.0 Å². The van der Waals surface area contributed by atoms with E-state index in [2.05, 4.69) is 4.90 Å². The van der Waals surface area contributed by atoms with E-state index < -0.39 is 0 Å². The Morgan fingerprint density at radius 2 is 2.12 bits per heavy atom. The molecule has 138 valence electrons. The molecule has 1 aromatic rings. The number of aliphatic hydroxyl groups excluding tert-OH is 1. The van der Waals surface area contributed by atoms with Crippen LogP contribution in [-0.2, 0) is 11.3 Å². The number of aliphatic hydroxyl groups is 1. The lowest BCUT2D eigenvalue weighted by atomic mass is 9.73. The highest BCUT2D eigenvalue weighted by atomic mass is 16.5. The minimum atomic E-state index is 0.0245. The van der Waals surface area contributed by atoms with Gasteiger partial charge in [-0.15, -0.1) is 0 Å². The average Bonchev–Trinajstić information content (AvgIpc) is 2.59. The smallest absolute Gasteiger partial charge is 0.222 e. The fourth-order valence-electron chi connectivity index (χ4n) is 4.30. The molecule has 1 spiro atoms. The first-order chi connectivity index (χ1) is 12.0. The van der Waals surface area contributed by atoms with Gasteiger partial charge < -0.3 is 19.8 Å². The molecule has 1 atom stereocenters. The number of rotatable bonds is 5. The summed E-state index contributed by atoms with van der Waals surface area (Å²) < 4.78 is 5.10. The van der Waals surface area contributed by atoms with Gasteiger partial charge in [-0.2, -0.15) is 0 Å². The van der Waals surface area contributed by atoms with E-state index in [0.717, 1.165) is 51.0 Å². The minimum absolute atomic E-state index is 0.0245. The summed E-state index contributed by atoms with van der Waals surface area (Å²) in [5.41, 5.74) is 1.20. The van der Waals surface area contributed by atoms with E-state index in [4.69, 9.17) is 4.74 Å². The number of hydrogen-bond acceptors (Lipinski definition) is 5. The maximum Gasteiger partial charge on any atom is 0.222 e. The summed E-state index contributed by atoms with van der Waals surface area (Å²) in [4.78, 5) is 16.3. The quantitative estimate of drug-likeness (QED) is 0.846. The summed E-state index contributed by atoms with van der Waals surface area (Å²) in [5, 5.41) is 19.2. The number of phenolic OH excluding ortho intramolecular Hbond substituents is 1. The number of piperidine rings is 2. The molecule has 0 saturated carbocycles. The van der Waals surface area contributed by atoms with Gasteiger partial charge in [0.05, 0.1) is 13.7 Å². The van der Waals surface area contributed by atoms with Gasteiger partial charge in [0.15, 0.2) is 11.5 Å². The van der Waals surface area contributed by atoms with Crippen molar-refractivity contribution in [1.82, 2.24) is 9.80 Å². The van der Waals surface area contributed by atoms with Gasteiger partial charge in [0.2, 0.25) is 5.91 Å². The van der Waals surface area contributed by atoms with Gasteiger partial charge in [0.1, 0.15) is 0 Å². The van der Waals surface area contributed by atoms with Gasteiger partial charge in [0.25, 0.3) is 0 Å². The number of carbonyl (C=O) groups excluding carboxylic acids is 1. The van der Waals surface area contributed by atoms with Crippen LogP contribution in [0.1, 0.15) is 31.2 Å². The van der Waals surface area contributed by atoms with E-state index in [1.807, 2.05) is 11.0 Å². The van der Waals surface area contributed by atoms with Gasteiger partial charge in [-0.3, -0.25) is 9.69 Å². The lowest BCUT2D eigenvalue weighted by Crippen LogP contribution is -2.54. The zero-order valence-electron chi connectivity index (χ0n) is 14.9. The van der Waals surface area contributed by atoms with Crippen LogP contribution in [0.15, 0.2) is 18.2 Å². The second kappa shape index (κ2) is 7.62. The molecule has 0 radical (unpaired) electrons. The number of hydrogen-bond donors (Lipinski definition) is 2. The first-order valence-corrected chi connectivity index (χ1v) is 9.02. The van der Waals surface area contributed by atoms with Crippen LogP contribution < -0.4 is 4.74 Å². The predicted octanol–water partition coefficient (Wildman–Crippen LogP) is 1.60. The van der Waals surface area contributed by atoms with Crippen LogP contribution in [0.5, 0.6) is 11.5 Å². The third kappa shape index (κ3) is 4.07. The van der Waals surface area contributed by atoms with Crippen LogP contribution in [-0.4, -0.2) is 65.8 Å². The van der Waals surface area contributed by atoms with Crippen molar-refractivity contribution in [3.63, 3.8) is 0 Å². The van der Waals surface area contributed by atoms with Gasteiger partial charge in [0, 0.05) is 38.0 Å². The molecule has 2 saturated heterocycles. The summed E-state index contributed by atoms with van der Waals surface area (Å²) in [6.07, 6.45) is 3.76. The summed E-state index contributed by atoms with van der Waals surface area (Å²) in [6, 6.07) is 5.55. The summed E-state index contributed by atoms with van der Waals surface area (Å²) in [7, 11) is 1.55. The third-order valence-corrected chi connectivity index (χ3v) is 5.51. The van der Waals surface area contributed by atoms with E-state index in [1.165, 1.54) is 0 Å². The molecular weight excluding hydrogens is 320 g/mol. The number of β-amino-alcohol motifs (C(OH)–C–C–N with tert-alkyl or cyclic N) is 1. The van der Waals surface area contributed by atoms with Crippen LogP contribution in [0.25, 0.3) is 0 Å². The Labute approximate surface area is 149 Å². The van der Waals surface area contributed by atoms with Crippen LogP contribution in [0, 0.1) is 5.41 Å². The van der Waals surface area contributed by atoms with Crippen molar-refractivity contribution < 1.29 is 19.7 Å². The maximum atomic E-state index is 12.0. The Kier molecular flexibility index (Phi) is 5.49. The first kappa shape index (κ1) is 18.0. The highest BCUT2D eigenvalue weighted by Crippen LogP contribution is 2.39.